The predicted molar refractivity (Wildman–Crippen MR) is 526 cm³/mol. The maximum absolute atomic E-state index is 13.2. The SMILES string of the molecule is CC(=O)Nc1cccc(-c2cn(-c3ccccc3)c3c(=O)[nH]cnc23)c1.CC(C)(COc1ccc(-c2cn(-c3ccccc3)c3nc[nH]c(=O)c23)cc1)OP(=O)(O)O.CC(O)CCOc1ccc(-c2cn(-c3ccccc3)c3nc[nH]c(=O)c23)cc1.NC(=O)c1cccc(-c2cn(-c3ccccc3)c3c(=O)[nH]cnc23)c1.O=c1[nH]cnc2c1c(-c1ccc(OC(F)(F)CO)cc1)cn2-c1ccccc1. The lowest BCUT2D eigenvalue weighted by Gasteiger charge is -2.25. The van der Waals surface area contributed by atoms with Gasteiger partial charge < -0.3 is 93.0 Å². The second kappa shape index (κ2) is 41.6. The van der Waals surface area contributed by atoms with E-state index in [0.29, 0.717) is 96.3 Å². The fourth-order valence-electron chi connectivity index (χ4n) is 15.5. The number of fused-ring (bicyclic) bond motifs is 5. The molecule has 700 valence electrons. The Bertz CT molecular complexity index is 8170. The fraction of sp³-hybridized carbons (Fsp3) is 0.107. The van der Waals surface area contributed by atoms with Crippen LogP contribution in [0, 0.1) is 0 Å². The molecule has 1 unspecified atom stereocenters. The number of rotatable bonds is 24. The zero-order valence-electron chi connectivity index (χ0n) is 74.6. The van der Waals surface area contributed by atoms with Crippen molar-refractivity contribution < 1.29 is 61.7 Å². The van der Waals surface area contributed by atoms with E-state index >= 15 is 0 Å². The summed E-state index contributed by atoms with van der Waals surface area (Å²) in [5, 5.41) is 22.1. The minimum absolute atomic E-state index is 0.0612. The smallest absolute Gasteiger partial charge is 0.470 e. The predicted octanol–water partition coefficient (Wildman–Crippen LogP) is 16.3. The molecule has 0 aliphatic carbocycles. The number of hydrogen-bond acceptors (Lipinski definition) is 19. The van der Waals surface area contributed by atoms with Crippen LogP contribution in [0.25, 0.3) is 139 Å². The van der Waals surface area contributed by atoms with Crippen molar-refractivity contribution in [3.05, 3.63) is 393 Å². The molecule has 0 radical (unpaired) electrons. The molecular formula is C103H88F2N17O16P. The van der Waals surface area contributed by atoms with E-state index in [1.165, 1.54) is 64.5 Å². The van der Waals surface area contributed by atoms with E-state index in [4.69, 9.17) is 34.6 Å². The lowest BCUT2D eigenvalue weighted by molar-refractivity contribution is -0.200. The zero-order chi connectivity index (χ0) is 97.7. The zero-order valence-corrected chi connectivity index (χ0v) is 75.5. The molecule has 1 atom stereocenters. The number of halogens is 2. The van der Waals surface area contributed by atoms with Gasteiger partial charge in [0.05, 0.1) is 60.5 Å². The van der Waals surface area contributed by atoms with Gasteiger partial charge in [0.2, 0.25) is 11.8 Å². The van der Waals surface area contributed by atoms with Crippen molar-refractivity contribution in [2.24, 2.45) is 5.73 Å². The minimum Gasteiger partial charge on any atom is -0.493 e. The first-order chi connectivity index (χ1) is 67.0. The molecule has 20 rings (SSSR count). The molecule has 0 bridgehead atoms. The van der Waals surface area contributed by atoms with Crippen molar-refractivity contribution in [1.29, 1.82) is 0 Å². The highest BCUT2D eigenvalue weighted by atomic mass is 31.2. The average molecular weight is 1890 g/mol. The minimum atomic E-state index is -4.63. The van der Waals surface area contributed by atoms with Crippen LogP contribution >= 0.6 is 7.82 Å². The molecule has 12 N–H and O–H groups in total. The van der Waals surface area contributed by atoms with E-state index < -0.39 is 32.0 Å². The highest BCUT2D eigenvalue weighted by Gasteiger charge is 2.32. The first-order valence-corrected chi connectivity index (χ1v) is 44.7. The maximum atomic E-state index is 13.2. The van der Waals surface area contributed by atoms with Gasteiger partial charge in [-0.3, -0.25) is 38.1 Å². The topological polar surface area (TPSA) is 460 Å². The van der Waals surface area contributed by atoms with Gasteiger partial charge in [0.1, 0.15) is 58.1 Å². The van der Waals surface area contributed by atoms with Crippen molar-refractivity contribution in [3.63, 3.8) is 0 Å². The molecule has 10 aromatic heterocycles. The number of amides is 2. The quantitative estimate of drug-likeness (QED) is 0.0250. The summed E-state index contributed by atoms with van der Waals surface area (Å²) in [6.45, 7) is 5.23. The van der Waals surface area contributed by atoms with Gasteiger partial charge in [0.25, 0.3) is 27.8 Å². The number of nitrogens with zero attached hydrogens (tertiary/aromatic N) is 10. The van der Waals surface area contributed by atoms with Crippen molar-refractivity contribution >= 4 is 80.5 Å². The molecule has 0 spiro atoms. The number of aromatic amines is 5. The van der Waals surface area contributed by atoms with Crippen molar-refractivity contribution in [2.45, 2.75) is 51.9 Å². The number of nitrogens with two attached hydrogens (primary N) is 1. The third kappa shape index (κ3) is 22.1. The van der Waals surface area contributed by atoms with Gasteiger partial charge in [-0.05, 0) is 170 Å². The summed E-state index contributed by atoms with van der Waals surface area (Å²) in [5.41, 5.74) is 20.0. The number of alkyl halides is 2. The van der Waals surface area contributed by atoms with Crippen LogP contribution in [0.4, 0.5) is 14.5 Å². The Labute approximate surface area is 787 Å². The van der Waals surface area contributed by atoms with Crippen molar-refractivity contribution in [3.8, 4) is 101 Å². The Morgan fingerprint density at radius 1 is 0.439 bits per heavy atom. The van der Waals surface area contributed by atoms with Crippen LogP contribution < -0.4 is 53.1 Å². The van der Waals surface area contributed by atoms with Crippen LogP contribution in [0.5, 0.6) is 17.2 Å². The summed E-state index contributed by atoms with van der Waals surface area (Å²) < 4.78 is 67.2. The Hall–Kier alpha value is -17.5. The Kier molecular flexibility index (Phi) is 28.3. The lowest BCUT2D eigenvalue weighted by Crippen LogP contribution is -2.31. The van der Waals surface area contributed by atoms with Gasteiger partial charge in [-0.25, -0.2) is 29.5 Å². The number of phosphoric acid groups is 1. The second-order valence-electron chi connectivity index (χ2n) is 32.2. The van der Waals surface area contributed by atoms with E-state index in [1.54, 1.807) is 64.7 Å². The van der Waals surface area contributed by atoms with Crippen LogP contribution in [0.3, 0.4) is 0 Å². The average Bonchev–Trinajstić information content (AvgIpc) is 1.63. The summed E-state index contributed by atoms with van der Waals surface area (Å²) in [4.78, 5) is 138. The first-order valence-electron chi connectivity index (χ1n) is 43.2. The molecule has 10 aromatic carbocycles. The molecule has 0 saturated heterocycles. The molecule has 10 heterocycles. The monoisotopic (exact) mass is 1890 g/mol. The number of nitrogens with one attached hydrogen (secondary N) is 6. The van der Waals surface area contributed by atoms with Gasteiger partial charge in [-0.15, -0.1) is 0 Å². The number of primary amides is 1. The molecule has 139 heavy (non-hydrogen) atoms. The molecule has 33 nitrogen and oxygen atoms in total. The Morgan fingerprint density at radius 3 is 1.15 bits per heavy atom. The molecule has 36 heteroatoms. The number of aliphatic hydroxyl groups is 2. The third-order valence-electron chi connectivity index (χ3n) is 21.8. The van der Waals surface area contributed by atoms with E-state index in [0.717, 1.165) is 78.7 Å². The van der Waals surface area contributed by atoms with E-state index in [-0.39, 0.29) is 52.2 Å². The third-order valence-corrected chi connectivity index (χ3v) is 22.5. The van der Waals surface area contributed by atoms with Crippen LogP contribution in [-0.2, 0) is 13.9 Å². The summed E-state index contributed by atoms with van der Waals surface area (Å²) in [6.07, 6.45) is 12.8. The van der Waals surface area contributed by atoms with Crippen LogP contribution in [-0.4, -0.2) is 142 Å². The molecule has 20 aromatic rings. The standard InChI is InChI=1S/C22H22N3O6P.C22H21N3O3.C20H15F2N3O3.C20H16N4O2.C19H14N4O2/c1-22(2,31-32(27,28)29)13-30-17-10-8-15(9-11-17)18-12-25(16-6-4-3-5-7-16)20-19(18)21(26)24-14-23-20;1-15(26)11-12-28-18-9-7-16(8-10-18)19-13-25(17-5-3-2-4-6-17)21-20(19)22(27)24-14-23-21;21-20(22,11-26)28-15-8-6-13(7-9-15)16-10-25(14-4-2-1-3-5-14)18-17(16)19(27)24-12-23-18;1-13(25)23-15-7-5-6-14(10-15)17-11-24(16-8-3-2-4-9-16)19-18(17)21-12-22-20(19)26;20-18(24)13-6-4-5-12(9-13)15-10-23(14-7-2-1-3-8-14)17-16(15)21-11-22-19(17)25/h3-12,14H,13H2,1-2H3,(H,23,24,26)(H2,27,28,29);2-10,13-15,26H,11-12H2,1H3,(H,23,24,27);1-10,12,26H,11H2,(H,23,24,27);2-12H,1H3,(H,23,25)(H,21,22,26);1-11H,(H2,20,24)(H,21,22,25). The number of carbonyl (C=O) groups excluding carboxylic acids is 2. The summed E-state index contributed by atoms with van der Waals surface area (Å²) >= 11 is 0. The van der Waals surface area contributed by atoms with Gasteiger partial charge >= 0.3 is 13.9 Å². The molecule has 2 amide bonds. The lowest BCUT2D eigenvalue weighted by atomic mass is 10.0. The number of benzene rings is 10. The second-order valence-corrected chi connectivity index (χ2v) is 33.3. The highest BCUT2D eigenvalue weighted by molar-refractivity contribution is 7.46. The Morgan fingerprint density at radius 2 is 0.784 bits per heavy atom. The Balaban J connectivity index is 0.000000126. The number of phosphoric ester groups is 1. The highest BCUT2D eigenvalue weighted by Crippen LogP contribution is 2.43. The maximum Gasteiger partial charge on any atom is 0.470 e. The van der Waals surface area contributed by atoms with Crippen molar-refractivity contribution in [1.82, 2.24) is 72.7 Å². The van der Waals surface area contributed by atoms with Gasteiger partial charge in [0.15, 0.2) is 16.9 Å². The summed E-state index contributed by atoms with van der Waals surface area (Å²) in [5.74, 6) is 0.489. The van der Waals surface area contributed by atoms with Crippen LogP contribution in [0.15, 0.2) is 360 Å². The van der Waals surface area contributed by atoms with E-state index in [1.807, 2.05) is 257 Å². The molecule has 0 fully saturated rings. The summed E-state index contributed by atoms with van der Waals surface area (Å²) in [6, 6.07) is 83.0. The number of aromatic nitrogens is 15. The van der Waals surface area contributed by atoms with Crippen LogP contribution in [0.1, 0.15) is 44.5 Å². The van der Waals surface area contributed by atoms with Gasteiger partial charge in [-0.1, -0.05) is 152 Å². The number of para-hydroxylation sites is 5. The van der Waals surface area contributed by atoms with E-state index in [2.05, 4.69) is 59.9 Å². The number of anilines is 1. The molecular weight excluding hydrogens is 1800 g/mol. The number of carbonyl (C=O) groups is 2. The molecule has 0 aliphatic heterocycles. The number of aliphatic hydroxyl groups excluding tert-OH is 2. The number of ether oxygens (including phenoxy) is 3. The van der Waals surface area contributed by atoms with Crippen LogP contribution in [0.2, 0.25) is 0 Å². The number of H-pyrrole nitrogens is 5. The number of hydrogen-bond donors (Lipinski definition) is 11. The normalized spacial score (nSPS) is 11.6. The molecule has 0 saturated carbocycles. The van der Waals surface area contributed by atoms with Gasteiger partial charge in [0, 0.05) is 112 Å². The van der Waals surface area contributed by atoms with Gasteiger partial charge in [-0.2, -0.15) is 8.78 Å². The van der Waals surface area contributed by atoms with E-state index in [9.17, 15) is 52.0 Å². The largest absolute Gasteiger partial charge is 0.493 e. The summed E-state index contributed by atoms with van der Waals surface area (Å²) in [7, 11) is -4.63. The first kappa shape index (κ1) is 94.7. The fourth-order valence-corrected chi connectivity index (χ4v) is 16.2. The molecule has 0 aliphatic rings. The van der Waals surface area contributed by atoms with Crippen molar-refractivity contribution in [2.75, 3.05) is 25.1 Å².